The van der Waals surface area contributed by atoms with E-state index < -0.39 is 11.6 Å². The maximum Gasteiger partial charge on any atom is 0.126 e. The number of ether oxygens (including phenoxy) is 1. The molecule has 0 atom stereocenters. The predicted molar refractivity (Wildman–Crippen MR) is 68.3 cm³/mol. The molecule has 0 aliphatic rings. The summed E-state index contributed by atoms with van der Waals surface area (Å²) in [6.45, 7) is 6.21. The second-order valence-electron chi connectivity index (χ2n) is 5.29. The Morgan fingerprint density at radius 2 is 1.78 bits per heavy atom. The molecular formula is C14H21F2NO. The maximum atomic E-state index is 13.0. The van der Waals surface area contributed by atoms with E-state index in [0.717, 1.165) is 19.0 Å². The SMILES string of the molecule is COCCC(C)(C)CNCc1cc(F)cc(F)c1. The molecule has 0 radical (unpaired) electrons. The topological polar surface area (TPSA) is 21.3 Å². The molecule has 0 saturated heterocycles. The van der Waals surface area contributed by atoms with Crippen molar-refractivity contribution in [1.29, 1.82) is 0 Å². The number of halogens is 2. The largest absolute Gasteiger partial charge is 0.385 e. The number of methoxy groups -OCH3 is 1. The minimum atomic E-state index is -0.537. The fourth-order valence-corrected chi connectivity index (χ4v) is 1.72. The van der Waals surface area contributed by atoms with E-state index in [2.05, 4.69) is 19.2 Å². The molecule has 0 spiro atoms. The molecule has 1 aromatic rings. The Morgan fingerprint density at radius 1 is 1.17 bits per heavy atom. The Labute approximate surface area is 107 Å². The normalized spacial score (nSPS) is 11.8. The zero-order chi connectivity index (χ0) is 13.6. The van der Waals surface area contributed by atoms with Crippen LogP contribution in [0.4, 0.5) is 8.78 Å². The third-order valence-corrected chi connectivity index (χ3v) is 2.84. The Morgan fingerprint density at radius 3 is 2.33 bits per heavy atom. The molecule has 0 fully saturated rings. The third kappa shape index (κ3) is 5.56. The highest BCUT2D eigenvalue weighted by Gasteiger charge is 2.16. The van der Waals surface area contributed by atoms with Gasteiger partial charge in [-0.25, -0.2) is 8.78 Å². The van der Waals surface area contributed by atoms with Crippen molar-refractivity contribution in [1.82, 2.24) is 5.32 Å². The molecule has 1 aromatic carbocycles. The third-order valence-electron chi connectivity index (χ3n) is 2.84. The van der Waals surface area contributed by atoms with Crippen LogP contribution in [0.1, 0.15) is 25.8 Å². The van der Waals surface area contributed by atoms with E-state index >= 15 is 0 Å². The fraction of sp³-hybridized carbons (Fsp3) is 0.571. The lowest BCUT2D eigenvalue weighted by molar-refractivity contribution is 0.150. The van der Waals surface area contributed by atoms with Crippen LogP contribution in [-0.2, 0) is 11.3 Å². The lowest BCUT2D eigenvalue weighted by Crippen LogP contribution is -2.30. The minimum absolute atomic E-state index is 0.0991. The summed E-state index contributed by atoms with van der Waals surface area (Å²) in [6.07, 6.45) is 0.939. The first-order valence-electron chi connectivity index (χ1n) is 6.07. The van der Waals surface area contributed by atoms with Crippen molar-refractivity contribution >= 4 is 0 Å². The van der Waals surface area contributed by atoms with E-state index in [-0.39, 0.29) is 5.41 Å². The van der Waals surface area contributed by atoms with E-state index in [9.17, 15) is 8.78 Å². The smallest absolute Gasteiger partial charge is 0.126 e. The molecule has 0 aliphatic heterocycles. The Kier molecular flexibility index (Phi) is 5.69. The summed E-state index contributed by atoms with van der Waals surface area (Å²) < 4.78 is 31.0. The average Bonchev–Trinajstić information content (AvgIpc) is 2.25. The van der Waals surface area contributed by atoms with Gasteiger partial charge in [0.2, 0.25) is 0 Å². The van der Waals surface area contributed by atoms with E-state index in [0.29, 0.717) is 18.7 Å². The quantitative estimate of drug-likeness (QED) is 0.810. The molecule has 1 N–H and O–H groups in total. The van der Waals surface area contributed by atoms with Crippen molar-refractivity contribution in [2.45, 2.75) is 26.8 Å². The van der Waals surface area contributed by atoms with Crippen LogP contribution in [0.5, 0.6) is 0 Å². The lowest BCUT2D eigenvalue weighted by atomic mass is 9.89. The van der Waals surface area contributed by atoms with Gasteiger partial charge < -0.3 is 10.1 Å². The molecular weight excluding hydrogens is 236 g/mol. The highest BCUT2D eigenvalue weighted by molar-refractivity contribution is 5.17. The highest BCUT2D eigenvalue weighted by atomic mass is 19.1. The van der Waals surface area contributed by atoms with E-state index in [4.69, 9.17) is 4.74 Å². The number of hydrogen-bond donors (Lipinski definition) is 1. The van der Waals surface area contributed by atoms with Crippen molar-refractivity contribution in [3.63, 3.8) is 0 Å². The van der Waals surface area contributed by atoms with Crippen molar-refractivity contribution in [2.75, 3.05) is 20.3 Å². The van der Waals surface area contributed by atoms with Crippen LogP contribution >= 0.6 is 0 Å². The lowest BCUT2D eigenvalue weighted by Gasteiger charge is -2.24. The van der Waals surface area contributed by atoms with E-state index in [1.807, 2.05) is 0 Å². The van der Waals surface area contributed by atoms with Gasteiger partial charge in [-0.15, -0.1) is 0 Å². The van der Waals surface area contributed by atoms with Crippen LogP contribution in [-0.4, -0.2) is 20.3 Å². The van der Waals surface area contributed by atoms with Crippen molar-refractivity contribution in [3.05, 3.63) is 35.4 Å². The summed E-state index contributed by atoms with van der Waals surface area (Å²) in [6, 6.07) is 3.57. The molecule has 0 bridgehead atoms. The monoisotopic (exact) mass is 257 g/mol. The Balaban J connectivity index is 2.41. The standard InChI is InChI=1S/C14H21F2NO/c1-14(2,4-5-18-3)10-17-9-11-6-12(15)8-13(16)7-11/h6-8,17H,4-5,9-10H2,1-3H3. The van der Waals surface area contributed by atoms with E-state index in [1.165, 1.54) is 12.1 Å². The predicted octanol–water partition coefficient (Wildman–Crippen LogP) is 3.12. The number of rotatable bonds is 7. The average molecular weight is 257 g/mol. The Bertz CT molecular complexity index is 360. The molecule has 0 amide bonds. The van der Waals surface area contributed by atoms with Gasteiger partial charge in [-0.1, -0.05) is 13.8 Å². The van der Waals surface area contributed by atoms with Crippen LogP contribution < -0.4 is 5.32 Å². The minimum Gasteiger partial charge on any atom is -0.385 e. The van der Waals surface area contributed by atoms with Gasteiger partial charge in [-0.3, -0.25) is 0 Å². The summed E-state index contributed by atoms with van der Waals surface area (Å²) >= 11 is 0. The van der Waals surface area contributed by atoms with Crippen molar-refractivity contribution in [2.24, 2.45) is 5.41 Å². The van der Waals surface area contributed by atoms with Crippen molar-refractivity contribution in [3.8, 4) is 0 Å². The fourth-order valence-electron chi connectivity index (χ4n) is 1.72. The summed E-state index contributed by atoms with van der Waals surface area (Å²) in [5, 5.41) is 3.22. The first kappa shape index (κ1) is 15.1. The zero-order valence-electron chi connectivity index (χ0n) is 11.2. The van der Waals surface area contributed by atoms with Gasteiger partial charge in [0.05, 0.1) is 0 Å². The van der Waals surface area contributed by atoms with Crippen LogP contribution in [0.25, 0.3) is 0 Å². The van der Waals surface area contributed by atoms with Crippen LogP contribution in [0, 0.1) is 17.0 Å². The molecule has 0 aromatic heterocycles. The van der Waals surface area contributed by atoms with Crippen molar-refractivity contribution < 1.29 is 13.5 Å². The summed E-state index contributed by atoms with van der Waals surface area (Å²) in [4.78, 5) is 0. The number of benzene rings is 1. The molecule has 102 valence electrons. The highest BCUT2D eigenvalue weighted by Crippen LogP contribution is 2.19. The summed E-state index contributed by atoms with van der Waals surface area (Å²) in [5.41, 5.74) is 0.719. The molecule has 4 heteroatoms. The van der Waals surface area contributed by atoms with E-state index in [1.54, 1.807) is 7.11 Å². The number of hydrogen-bond acceptors (Lipinski definition) is 2. The van der Waals surface area contributed by atoms with Crippen LogP contribution in [0.3, 0.4) is 0 Å². The summed E-state index contributed by atoms with van der Waals surface area (Å²) in [5.74, 6) is -1.07. The van der Waals surface area contributed by atoms with Gasteiger partial charge in [-0.2, -0.15) is 0 Å². The maximum absolute atomic E-state index is 13.0. The molecule has 0 unspecified atom stereocenters. The molecule has 1 rings (SSSR count). The second-order valence-corrected chi connectivity index (χ2v) is 5.29. The zero-order valence-corrected chi connectivity index (χ0v) is 11.2. The van der Waals surface area contributed by atoms with Gasteiger partial charge >= 0.3 is 0 Å². The molecule has 18 heavy (non-hydrogen) atoms. The molecule has 0 saturated carbocycles. The number of nitrogens with one attached hydrogen (secondary N) is 1. The first-order valence-corrected chi connectivity index (χ1v) is 6.07. The van der Waals surface area contributed by atoms with Crippen LogP contribution in [0.15, 0.2) is 18.2 Å². The van der Waals surface area contributed by atoms with Gasteiger partial charge in [0, 0.05) is 32.9 Å². The van der Waals surface area contributed by atoms with Gasteiger partial charge in [-0.05, 0) is 29.5 Å². The Hall–Kier alpha value is -1.00. The van der Waals surface area contributed by atoms with Gasteiger partial charge in [0.1, 0.15) is 11.6 Å². The first-order chi connectivity index (χ1) is 8.43. The van der Waals surface area contributed by atoms with Gasteiger partial charge in [0.15, 0.2) is 0 Å². The summed E-state index contributed by atoms with van der Waals surface area (Å²) in [7, 11) is 1.68. The van der Waals surface area contributed by atoms with Gasteiger partial charge in [0.25, 0.3) is 0 Å². The second kappa shape index (κ2) is 6.81. The molecule has 2 nitrogen and oxygen atoms in total. The van der Waals surface area contributed by atoms with Crippen LogP contribution in [0.2, 0.25) is 0 Å². The molecule has 0 heterocycles. The molecule has 0 aliphatic carbocycles.